The second-order valence-corrected chi connectivity index (χ2v) is 8.14. The van der Waals surface area contributed by atoms with Gasteiger partial charge in [0.05, 0.1) is 5.69 Å². The summed E-state index contributed by atoms with van der Waals surface area (Å²) in [5.74, 6) is -0.0576. The number of fused-ring (bicyclic) bond motifs is 3. The zero-order chi connectivity index (χ0) is 20.7. The van der Waals surface area contributed by atoms with Crippen LogP contribution in [0.4, 0.5) is 0 Å². The molecule has 1 aliphatic heterocycles. The maximum absolute atomic E-state index is 12.6. The quantitative estimate of drug-likeness (QED) is 0.473. The van der Waals surface area contributed by atoms with Crippen LogP contribution in [0.25, 0.3) is 16.6 Å². The average Bonchev–Trinajstić information content (AvgIpc) is 3.09. The van der Waals surface area contributed by atoms with Gasteiger partial charge in [-0.05, 0) is 49.6 Å². The van der Waals surface area contributed by atoms with Crippen molar-refractivity contribution >= 4 is 34.1 Å². The van der Waals surface area contributed by atoms with Gasteiger partial charge in [-0.2, -0.15) is 0 Å². The van der Waals surface area contributed by atoms with E-state index in [1.807, 2.05) is 62.5 Å². The normalized spacial score (nSPS) is 17.1. The van der Waals surface area contributed by atoms with E-state index < -0.39 is 0 Å². The van der Waals surface area contributed by atoms with Crippen molar-refractivity contribution in [3.8, 4) is 0 Å². The number of nitrogens with zero attached hydrogens (tertiary/aromatic N) is 2. The first-order valence-corrected chi connectivity index (χ1v) is 10.3. The molecule has 2 atom stereocenters. The molecule has 3 aromatic rings. The van der Waals surface area contributed by atoms with E-state index in [0.29, 0.717) is 5.56 Å². The third-order valence-corrected chi connectivity index (χ3v) is 5.97. The lowest BCUT2D eigenvalue weighted by molar-refractivity contribution is 0.0939. The molecule has 4 rings (SSSR count). The molecule has 0 spiro atoms. The van der Waals surface area contributed by atoms with Crippen molar-refractivity contribution in [1.29, 1.82) is 0 Å². The van der Waals surface area contributed by atoms with Gasteiger partial charge >= 0.3 is 0 Å². The van der Waals surface area contributed by atoms with Crippen LogP contribution in [0, 0.1) is 6.92 Å². The molecule has 2 N–H and O–H groups in total. The van der Waals surface area contributed by atoms with Gasteiger partial charge in [0.15, 0.2) is 0 Å². The zero-order valence-corrected chi connectivity index (χ0v) is 17.8. The van der Waals surface area contributed by atoms with Crippen LogP contribution in [0.2, 0.25) is 0 Å². The number of alkyl halides is 1. The Balaban J connectivity index is 1.83. The fourth-order valence-electron chi connectivity index (χ4n) is 3.66. The monoisotopic (exact) mass is 408 g/mol. The average molecular weight is 409 g/mol. The van der Waals surface area contributed by atoms with Gasteiger partial charge in [-0.1, -0.05) is 30.7 Å². The van der Waals surface area contributed by atoms with Crippen molar-refractivity contribution in [2.24, 2.45) is 0 Å². The predicted molar refractivity (Wildman–Crippen MR) is 118 cm³/mol. The van der Waals surface area contributed by atoms with E-state index in [4.69, 9.17) is 11.6 Å². The lowest BCUT2D eigenvalue weighted by atomic mass is 9.92. The Bertz CT molecular complexity index is 1120. The summed E-state index contributed by atoms with van der Waals surface area (Å²) in [6.07, 6.45) is 4.78. The van der Waals surface area contributed by atoms with Crippen LogP contribution >= 0.6 is 11.6 Å². The summed E-state index contributed by atoms with van der Waals surface area (Å²) >= 11 is 6.67. The summed E-state index contributed by atoms with van der Waals surface area (Å²) in [5.41, 5.74) is 6.22. The number of H-pyrrole nitrogens is 1. The van der Waals surface area contributed by atoms with Crippen LogP contribution in [0.1, 0.15) is 58.5 Å². The first-order chi connectivity index (χ1) is 13.9. The third kappa shape index (κ3) is 3.51. The van der Waals surface area contributed by atoms with Crippen molar-refractivity contribution in [3.05, 3.63) is 70.7 Å². The lowest BCUT2D eigenvalue weighted by Gasteiger charge is -2.28. The second kappa shape index (κ2) is 7.56. The van der Waals surface area contributed by atoms with Crippen LogP contribution in [0.3, 0.4) is 0 Å². The van der Waals surface area contributed by atoms with E-state index in [2.05, 4.69) is 28.3 Å². The lowest BCUT2D eigenvalue weighted by Crippen LogP contribution is -2.31. The number of pyridine rings is 1. The fraction of sp³-hybridized carbons (Fsp3) is 0.304. The first kappa shape index (κ1) is 19.5. The maximum Gasteiger partial charge on any atom is 0.251 e. The number of carbonyl (C=O) groups is 1. The molecule has 6 heteroatoms. The Kier molecular flexibility index (Phi) is 5.09. The summed E-state index contributed by atoms with van der Waals surface area (Å²) in [7, 11) is 1.95. The number of halogens is 1. The number of aromatic amines is 1. The Labute approximate surface area is 175 Å². The minimum Gasteiger partial charge on any atom is -0.359 e. The van der Waals surface area contributed by atoms with Crippen molar-refractivity contribution in [3.63, 3.8) is 0 Å². The molecule has 1 aliphatic rings. The smallest absolute Gasteiger partial charge is 0.251 e. The van der Waals surface area contributed by atoms with Gasteiger partial charge in [0, 0.05) is 47.6 Å². The number of aromatic nitrogens is 2. The SMILES string of the molecule is CCC(C)NC(=O)c1cccc(C2=CN(C)C(Cl)c3[nH]c4ncc(C)cc4c32)c1. The Morgan fingerprint density at radius 3 is 2.93 bits per heavy atom. The first-order valence-electron chi connectivity index (χ1n) is 9.86. The van der Waals surface area contributed by atoms with E-state index in [1.165, 1.54) is 0 Å². The molecule has 29 heavy (non-hydrogen) atoms. The van der Waals surface area contributed by atoms with E-state index in [-0.39, 0.29) is 17.5 Å². The highest BCUT2D eigenvalue weighted by Gasteiger charge is 2.29. The molecule has 1 aromatic carbocycles. The third-order valence-electron chi connectivity index (χ3n) is 5.44. The molecule has 5 nitrogen and oxygen atoms in total. The van der Waals surface area contributed by atoms with Gasteiger partial charge in [-0.25, -0.2) is 4.98 Å². The van der Waals surface area contributed by atoms with Crippen molar-refractivity contribution in [1.82, 2.24) is 20.2 Å². The van der Waals surface area contributed by atoms with Gasteiger partial charge in [-0.3, -0.25) is 4.79 Å². The summed E-state index contributed by atoms with van der Waals surface area (Å²) in [5, 5.41) is 4.08. The Hall–Kier alpha value is -2.79. The molecule has 2 unspecified atom stereocenters. The number of aryl methyl sites for hydroxylation is 1. The van der Waals surface area contributed by atoms with Gasteiger partial charge in [0.1, 0.15) is 11.1 Å². The zero-order valence-electron chi connectivity index (χ0n) is 17.1. The predicted octanol–water partition coefficient (Wildman–Crippen LogP) is 4.97. The Morgan fingerprint density at radius 2 is 2.17 bits per heavy atom. The highest BCUT2D eigenvalue weighted by molar-refractivity contribution is 6.21. The van der Waals surface area contributed by atoms with E-state index >= 15 is 0 Å². The number of amides is 1. The molecule has 1 amide bonds. The van der Waals surface area contributed by atoms with Crippen molar-refractivity contribution < 1.29 is 4.79 Å². The molecule has 3 heterocycles. The molecule has 0 radical (unpaired) electrons. The number of rotatable bonds is 4. The van der Waals surface area contributed by atoms with Crippen LogP contribution < -0.4 is 5.32 Å². The standard InChI is InChI=1S/C23H25ClN4O/c1-5-14(3)26-23(29)16-8-6-7-15(10-16)18-12-28(4)21(24)20-19(18)17-9-13(2)11-25-22(17)27-20/h6-12,14,21H,5H2,1-4H3,(H,25,27)(H,26,29). The van der Waals surface area contributed by atoms with Crippen molar-refractivity contribution in [2.45, 2.75) is 38.7 Å². The van der Waals surface area contributed by atoms with Crippen LogP contribution in [0.15, 0.2) is 42.7 Å². The van der Waals surface area contributed by atoms with Gasteiger partial charge in [0.25, 0.3) is 5.91 Å². The summed E-state index contributed by atoms with van der Waals surface area (Å²) < 4.78 is 0. The largest absolute Gasteiger partial charge is 0.359 e. The van der Waals surface area contributed by atoms with Crippen LogP contribution in [-0.2, 0) is 0 Å². The number of hydrogen-bond acceptors (Lipinski definition) is 3. The van der Waals surface area contributed by atoms with Gasteiger partial charge < -0.3 is 15.2 Å². The fourth-order valence-corrected chi connectivity index (χ4v) is 3.88. The molecule has 0 saturated heterocycles. The maximum atomic E-state index is 12.6. The number of carbonyl (C=O) groups excluding carboxylic acids is 1. The number of hydrogen-bond donors (Lipinski definition) is 2. The molecule has 0 fully saturated rings. The molecule has 0 aliphatic carbocycles. The van der Waals surface area contributed by atoms with Crippen LogP contribution in [-0.4, -0.2) is 33.9 Å². The minimum absolute atomic E-state index is 0.0576. The number of benzene rings is 1. The van der Waals surface area contributed by atoms with Gasteiger partial charge in [-0.15, -0.1) is 0 Å². The molecule has 0 saturated carbocycles. The molecular formula is C23H25ClN4O. The highest BCUT2D eigenvalue weighted by Crippen LogP contribution is 2.42. The topological polar surface area (TPSA) is 61.0 Å². The van der Waals surface area contributed by atoms with Crippen LogP contribution in [0.5, 0.6) is 0 Å². The summed E-state index contributed by atoms with van der Waals surface area (Å²) in [4.78, 5) is 22.5. The molecule has 150 valence electrons. The van der Waals surface area contributed by atoms with Gasteiger partial charge in [0.2, 0.25) is 0 Å². The Morgan fingerprint density at radius 1 is 1.38 bits per heavy atom. The van der Waals surface area contributed by atoms with Crippen molar-refractivity contribution in [2.75, 3.05) is 7.05 Å². The summed E-state index contributed by atoms with van der Waals surface area (Å²) in [6.45, 7) is 6.10. The minimum atomic E-state index is -0.305. The highest BCUT2D eigenvalue weighted by atomic mass is 35.5. The number of nitrogens with one attached hydrogen (secondary N) is 2. The molecule has 0 bridgehead atoms. The van der Waals surface area contributed by atoms with E-state index in [1.54, 1.807) is 0 Å². The van der Waals surface area contributed by atoms with E-state index in [9.17, 15) is 4.79 Å². The molecule has 2 aromatic heterocycles. The summed E-state index contributed by atoms with van der Waals surface area (Å²) in [6, 6.07) is 10.0. The second-order valence-electron chi connectivity index (χ2n) is 7.73. The van der Waals surface area contributed by atoms with E-state index in [0.717, 1.165) is 45.4 Å². The molecular weight excluding hydrogens is 384 g/mol.